The van der Waals surface area contributed by atoms with Crippen LogP contribution in [-0.2, 0) is 4.79 Å². The summed E-state index contributed by atoms with van der Waals surface area (Å²) in [5.41, 5.74) is 0. The number of hydrogen-bond acceptors (Lipinski definition) is 2. The SMILES string of the molecule is CC(CO)CN(C)C(=O)C(F)(F)F. The standard InChI is InChI=1S/C7H12F3NO2/c1-5(4-12)3-11(2)6(13)7(8,9)10/h5,12H,3-4H2,1-2H3. The van der Waals surface area contributed by atoms with Crippen LogP contribution in [0, 0.1) is 5.92 Å². The number of halogens is 3. The summed E-state index contributed by atoms with van der Waals surface area (Å²) in [6, 6.07) is 0. The van der Waals surface area contributed by atoms with Crippen molar-refractivity contribution in [2.24, 2.45) is 5.92 Å². The minimum Gasteiger partial charge on any atom is -0.396 e. The minimum atomic E-state index is -4.83. The van der Waals surface area contributed by atoms with Crippen LogP contribution < -0.4 is 0 Å². The van der Waals surface area contributed by atoms with Crippen LogP contribution in [0.2, 0.25) is 0 Å². The van der Waals surface area contributed by atoms with Crippen molar-refractivity contribution >= 4 is 5.91 Å². The van der Waals surface area contributed by atoms with E-state index in [0.29, 0.717) is 4.90 Å². The molecule has 78 valence electrons. The number of carbonyl (C=O) groups excluding carboxylic acids is 1. The number of rotatable bonds is 3. The van der Waals surface area contributed by atoms with Crippen LogP contribution >= 0.6 is 0 Å². The molecule has 0 aromatic heterocycles. The van der Waals surface area contributed by atoms with Gasteiger partial charge in [0, 0.05) is 20.2 Å². The fraction of sp³-hybridized carbons (Fsp3) is 0.857. The zero-order valence-corrected chi connectivity index (χ0v) is 7.43. The Hall–Kier alpha value is -0.780. The van der Waals surface area contributed by atoms with Crippen LogP contribution in [0.3, 0.4) is 0 Å². The topological polar surface area (TPSA) is 40.5 Å². The zero-order valence-electron chi connectivity index (χ0n) is 7.43. The van der Waals surface area contributed by atoms with Gasteiger partial charge in [0.15, 0.2) is 0 Å². The molecule has 1 amide bonds. The number of hydrogen-bond donors (Lipinski definition) is 1. The average molecular weight is 199 g/mol. The third-order valence-corrected chi connectivity index (χ3v) is 1.49. The summed E-state index contributed by atoms with van der Waals surface area (Å²) in [5, 5.41) is 8.55. The molecule has 0 fully saturated rings. The minimum absolute atomic E-state index is 0.102. The quantitative estimate of drug-likeness (QED) is 0.724. The number of aliphatic hydroxyl groups is 1. The van der Waals surface area contributed by atoms with E-state index in [4.69, 9.17) is 5.11 Å². The molecule has 0 heterocycles. The lowest BCUT2D eigenvalue weighted by Gasteiger charge is -2.21. The maximum absolute atomic E-state index is 11.8. The Morgan fingerprint density at radius 3 is 2.31 bits per heavy atom. The molecule has 13 heavy (non-hydrogen) atoms. The first-order valence-corrected chi connectivity index (χ1v) is 3.72. The van der Waals surface area contributed by atoms with E-state index in [1.807, 2.05) is 0 Å². The van der Waals surface area contributed by atoms with Crippen molar-refractivity contribution in [1.29, 1.82) is 0 Å². The first-order valence-electron chi connectivity index (χ1n) is 3.72. The Kier molecular flexibility index (Phi) is 4.19. The van der Waals surface area contributed by atoms with E-state index in [9.17, 15) is 18.0 Å². The van der Waals surface area contributed by atoms with Crippen LogP contribution in [0.1, 0.15) is 6.92 Å². The van der Waals surface area contributed by atoms with Gasteiger partial charge in [-0.05, 0) is 5.92 Å². The van der Waals surface area contributed by atoms with E-state index in [1.165, 1.54) is 0 Å². The van der Waals surface area contributed by atoms with Gasteiger partial charge in [-0.2, -0.15) is 13.2 Å². The number of aliphatic hydroxyl groups excluding tert-OH is 1. The molecule has 0 aliphatic rings. The summed E-state index contributed by atoms with van der Waals surface area (Å²) in [4.78, 5) is 11.1. The summed E-state index contributed by atoms with van der Waals surface area (Å²) < 4.78 is 35.4. The van der Waals surface area contributed by atoms with Crippen molar-refractivity contribution in [1.82, 2.24) is 4.90 Å². The molecule has 0 aliphatic carbocycles. The molecule has 0 saturated carbocycles. The Bertz CT molecular complexity index is 181. The Morgan fingerprint density at radius 1 is 1.54 bits per heavy atom. The maximum Gasteiger partial charge on any atom is 0.471 e. The number of carbonyl (C=O) groups is 1. The van der Waals surface area contributed by atoms with E-state index < -0.39 is 12.1 Å². The second kappa shape index (κ2) is 4.45. The van der Waals surface area contributed by atoms with Gasteiger partial charge in [-0.1, -0.05) is 6.92 Å². The number of alkyl halides is 3. The van der Waals surface area contributed by atoms with Crippen LogP contribution in [0.4, 0.5) is 13.2 Å². The van der Waals surface area contributed by atoms with Crippen molar-refractivity contribution in [2.45, 2.75) is 13.1 Å². The zero-order chi connectivity index (χ0) is 10.6. The highest BCUT2D eigenvalue weighted by atomic mass is 19.4. The fourth-order valence-electron chi connectivity index (χ4n) is 0.825. The predicted octanol–water partition coefficient (Wildman–Crippen LogP) is 0.635. The van der Waals surface area contributed by atoms with Gasteiger partial charge >= 0.3 is 12.1 Å². The highest BCUT2D eigenvalue weighted by Gasteiger charge is 2.41. The lowest BCUT2D eigenvalue weighted by molar-refractivity contribution is -0.184. The molecule has 0 spiro atoms. The van der Waals surface area contributed by atoms with Gasteiger partial charge in [0.2, 0.25) is 0 Å². The summed E-state index contributed by atoms with van der Waals surface area (Å²) in [6.07, 6.45) is -4.83. The van der Waals surface area contributed by atoms with E-state index in [0.717, 1.165) is 7.05 Å². The second-order valence-electron chi connectivity index (χ2n) is 2.97. The van der Waals surface area contributed by atoms with Crippen LogP contribution in [0.15, 0.2) is 0 Å². The fourth-order valence-corrected chi connectivity index (χ4v) is 0.825. The summed E-state index contributed by atoms with van der Waals surface area (Å²) >= 11 is 0. The van der Waals surface area contributed by atoms with E-state index in [-0.39, 0.29) is 19.1 Å². The molecule has 1 N–H and O–H groups in total. The van der Waals surface area contributed by atoms with E-state index >= 15 is 0 Å². The molecule has 6 heteroatoms. The van der Waals surface area contributed by atoms with E-state index in [1.54, 1.807) is 6.92 Å². The van der Waals surface area contributed by atoms with Gasteiger partial charge in [-0.25, -0.2) is 0 Å². The Morgan fingerprint density at radius 2 is 2.00 bits per heavy atom. The van der Waals surface area contributed by atoms with Crippen molar-refractivity contribution in [3.63, 3.8) is 0 Å². The van der Waals surface area contributed by atoms with Crippen molar-refractivity contribution < 1.29 is 23.1 Å². The number of amides is 1. The highest BCUT2D eigenvalue weighted by molar-refractivity contribution is 5.81. The van der Waals surface area contributed by atoms with Crippen molar-refractivity contribution in [2.75, 3.05) is 20.2 Å². The largest absolute Gasteiger partial charge is 0.471 e. The molecule has 0 rings (SSSR count). The lowest BCUT2D eigenvalue weighted by atomic mass is 10.2. The van der Waals surface area contributed by atoms with E-state index in [2.05, 4.69) is 0 Å². The summed E-state index contributed by atoms with van der Waals surface area (Å²) in [5.74, 6) is -2.23. The highest BCUT2D eigenvalue weighted by Crippen LogP contribution is 2.17. The molecule has 0 aromatic rings. The Labute approximate surface area is 74.1 Å². The van der Waals surface area contributed by atoms with Crippen LogP contribution in [-0.4, -0.2) is 42.3 Å². The van der Waals surface area contributed by atoms with Gasteiger partial charge in [-0.3, -0.25) is 4.79 Å². The average Bonchev–Trinajstić information content (AvgIpc) is 2.01. The van der Waals surface area contributed by atoms with Gasteiger partial charge < -0.3 is 10.0 Å². The molecule has 1 unspecified atom stereocenters. The summed E-state index contributed by atoms with van der Waals surface area (Å²) in [7, 11) is 1.06. The van der Waals surface area contributed by atoms with Crippen LogP contribution in [0.25, 0.3) is 0 Å². The summed E-state index contributed by atoms with van der Waals surface area (Å²) in [6.45, 7) is 1.21. The molecule has 3 nitrogen and oxygen atoms in total. The smallest absolute Gasteiger partial charge is 0.396 e. The van der Waals surface area contributed by atoms with Gasteiger partial charge in [0.05, 0.1) is 0 Å². The Balaban J connectivity index is 4.12. The molecule has 0 aliphatic heterocycles. The first kappa shape index (κ1) is 12.2. The van der Waals surface area contributed by atoms with Crippen LogP contribution in [0.5, 0.6) is 0 Å². The molecule has 1 atom stereocenters. The molecular formula is C7H12F3NO2. The van der Waals surface area contributed by atoms with Crippen molar-refractivity contribution in [3.05, 3.63) is 0 Å². The van der Waals surface area contributed by atoms with Gasteiger partial charge in [0.25, 0.3) is 0 Å². The van der Waals surface area contributed by atoms with Gasteiger partial charge in [-0.15, -0.1) is 0 Å². The number of nitrogens with zero attached hydrogens (tertiary/aromatic N) is 1. The molecular weight excluding hydrogens is 187 g/mol. The third kappa shape index (κ3) is 4.12. The lowest BCUT2D eigenvalue weighted by Crippen LogP contribution is -2.41. The predicted molar refractivity (Wildman–Crippen MR) is 39.9 cm³/mol. The van der Waals surface area contributed by atoms with Gasteiger partial charge in [0.1, 0.15) is 0 Å². The monoisotopic (exact) mass is 199 g/mol. The molecule has 0 radical (unpaired) electrons. The molecule has 0 bridgehead atoms. The second-order valence-corrected chi connectivity index (χ2v) is 2.97. The van der Waals surface area contributed by atoms with Crippen molar-refractivity contribution in [3.8, 4) is 0 Å². The molecule has 0 aromatic carbocycles. The maximum atomic E-state index is 11.8. The molecule has 0 saturated heterocycles. The third-order valence-electron chi connectivity index (χ3n) is 1.49. The first-order chi connectivity index (χ1) is 5.79. The normalized spacial score (nSPS) is 14.0.